The van der Waals surface area contributed by atoms with Crippen LogP contribution in [0.2, 0.25) is 5.02 Å². The van der Waals surface area contributed by atoms with E-state index in [2.05, 4.69) is 10.3 Å². The van der Waals surface area contributed by atoms with Crippen molar-refractivity contribution in [2.75, 3.05) is 6.54 Å². The van der Waals surface area contributed by atoms with Crippen molar-refractivity contribution >= 4 is 23.2 Å². The Morgan fingerprint density at radius 1 is 1.23 bits per heavy atom. The van der Waals surface area contributed by atoms with Gasteiger partial charge in [0.2, 0.25) is 5.91 Å². The highest BCUT2D eigenvalue weighted by Gasteiger charge is 2.16. The molecule has 0 aliphatic heterocycles. The summed E-state index contributed by atoms with van der Waals surface area (Å²) in [4.78, 5) is 16.7. The van der Waals surface area contributed by atoms with Crippen LogP contribution in [0.4, 0.5) is 0 Å². The molecule has 3 aromatic rings. The van der Waals surface area contributed by atoms with E-state index in [1.54, 1.807) is 0 Å². The van der Waals surface area contributed by atoms with Crippen LogP contribution in [0.25, 0.3) is 16.9 Å². The summed E-state index contributed by atoms with van der Waals surface area (Å²) < 4.78 is 1.96. The largest absolute Gasteiger partial charge is 0.356 e. The number of aromatic nitrogens is 2. The minimum absolute atomic E-state index is 0.0108. The molecule has 3 rings (SSSR count). The van der Waals surface area contributed by atoms with Crippen LogP contribution in [0.5, 0.6) is 0 Å². The third kappa shape index (κ3) is 2.83. The number of benzene rings is 1. The topological polar surface area (TPSA) is 46.4 Å². The summed E-state index contributed by atoms with van der Waals surface area (Å²) in [5.74, 6) is -0.0108. The van der Waals surface area contributed by atoms with E-state index in [1.165, 1.54) is 0 Å². The molecule has 2 heterocycles. The number of nitrogens with one attached hydrogen (secondary N) is 1. The number of carbonyl (C=O) groups is 1. The van der Waals surface area contributed by atoms with Crippen LogP contribution in [0, 0.1) is 0 Å². The van der Waals surface area contributed by atoms with Crippen LogP contribution in [-0.2, 0) is 11.2 Å². The molecule has 22 heavy (non-hydrogen) atoms. The second-order valence-corrected chi connectivity index (χ2v) is 5.41. The highest BCUT2D eigenvalue weighted by molar-refractivity contribution is 6.30. The molecule has 4 nitrogen and oxygen atoms in total. The number of hydrogen-bond acceptors (Lipinski definition) is 2. The van der Waals surface area contributed by atoms with Gasteiger partial charge in [0.15, 0.2) is 0 Å². The van der Waals surface area contributed by atoms with Crippen molar-refractivity contribution in [3.8, 4) is 11.3 Å². The lowest BCUT2D eigenvalue weighted by Gasteiger charge is -2.06. The van der Waals surface area contributed by atoms with Crippen molar-refractivity contribution < 1.29 is 4.79 Å². The summed E-state index contributed by atoms with van der Waals surface area (Å²) in [7, 11) is 0. The number of likely N-dealkylation sites (N-methyl/N-ethyl adjacent to an activating group) is 1. The van der Waals surface area contributed by atoms with Crippen LogP contribution in [0.1, 0.15) is 12.6 Å². The van der Waals surface area contributed by atoms with Gasteiger partial charge in [0.05, 0.1) is 17.8 Å². The summed E-state index contributed by atoms with van der Waals surface area (Å²) in [5, 5.41) is 3.51. The van der Waals surface area contributed by atoms with Crippen LogP contribution in [0.3, 0.4) is 0 Å². The van der Waals surface area contributed by atoms with Gasteiger partial charge in [-0.1, -0.05) is 29.8 Å². The zero-order chi connectivity index (χ0) is 15.5. The van der Waals surface area contributed by atoms with Crippen molar-refractivity contribution in [1.82, 2.24) is 14.7 Å². The molecule has 0 saturated heterocycles. The maximum atomic E-state index is 12.0. The number of imidazole rings is 1. The van der Waals surface area contributed by atoms with E-state index in [-0.39, 0.29) is 12.3 Å². The third-order valence-electron chi connectivity index (χ3n) is 3.45. The average Bonchev–Trinajstić information content (AvgIpc) is 2.87. The fourth-order valence-corrected chi connectivity index (χ4v) is 2.59. The normalized spacial score (nSPS) is 10.8. The van der Waals surface area contributed by atoms with E-state index in [0.717, 1.165) is 22.6 Å². The molecule has 112 valence electrons. The zero-order valence-corrected chi connectivity index (χ0v) is 13.0. The Hall–Kier alpha value is -2.33. The Balaban J connectivity index is 2.11. The van der Waals surface area contributed by atoms with Gasteiger partial charge < -0.3 is 9.72 Å². The van der Waals surface area contributed by atoms with E-state index in [9.17, 15) is 4.79 Å². The van der Waals surface area contributed by atoms with Crippen molar-refractivity contribution in [2.45, 2.75) is 13.3 Å². The number of hydrogen-bond donors (Lipinski definition) is 1. The van der Waals surface area contributed by atoms with E-state index in [1.807, 2.05) is 60.0 Å². The number of fused-ring (bicyclic) bond motifs is 1. The SMILES string of the molecule is CCNC(=O)Cc1c(-c2ccc(Cl)cc2)nc2ccccn12. The first kappa shape index (κ1) is 14.6. The maximum Gasteiger partial charge on any atom is 0.226 e. The predicted octanol–water partition coefficient (Wildman–Crippen LogP) is 3.33. The number of amides is 1. The molecule has 0 aliphatic carbocycles. The molecular formula is C17H16ClN3O. The Kier molecular flexibility index (Phi) is 4.11. The summed E-state index contributed by atoms with van der Waals surface area (Å²) in [5.41, 5.74) is 3.47. The van der Waals surface area contributed by atoms with Crippen LogP contribution in [0.15, 0.2) is 48.7 Å². The first-order valence-corrected chi connectivity index (χ1v) is 7.55. The van der Waals surface area contributed by atoms with Gasteiger partial charge in [-0.25, -0.2) is 4.98 Å². The van der Waals surface area contributed by atoms with Gasteiger partial charge in [0, 0.05) is 23.3 Å². The molecule has 5 heteroatoms. The van der Waals surface area contributed by atoms with Gasteiger partial charge in [-0.05, 0) is 31.2 Å². The van der Waals surface area contributed by atoms with E-state index >= 15 is 0 Å². The minimum Gasteiger partial charge on any atom is -0.356 e. The smallest absolute Gasteiger partial charge is 0.226 e. The summed E-state index contributed by atoms with van der Waals surface area (Å²) in [6, 6.07) is 13.3. The van der Waals surface area contributed by atoms with Crippen molar-refractivity contribution in [3.05, 3.63) is 59.4 Å². The standard InChI is InChI=1S/C17H16ClN3O/c1-2-19-16(22)11-14-17(12-6-8-13(18)9-7-12)20-15-5-3-4-10-21(14)15/h3-10H,2,11H2,1H3,(H,19,22). The number of nitrogens with zero attached hydrogens (tertiary/aromatic N) is 2. The Bertz CT molecular complexity index is 808. The van der Waals surface area contributed by atoms with E-state index in [0.29, 0.717) is 11.6 Å². The molecule has 0 fully saturated rings. The van der Waals surface area contributed by atoms with E-state index < -0.39 is 0 Å². The van der Waals surface area contributed by atoms with Gasteiger partial charge in [-0.3, -0.25) is 4.79 Å². The molecule has 0 radical (unpaired) electrons. The van der Waals surface area contributed by atoms with Gasteiger partial charge in [0.25, 0.3) is 0 Å². The summed E-state index contributed by atoms with van der Waals surface area (Å²) in [6.07, 6.45) is 2.22. The summed E-state index contributed by atoms with van der Waals surface area (Å²) >= 11 is 5.95. The lowest BCUT2D eigenvalue weighted by Crippen LogP contribution is -2.25. The minimum atomic E-state index is -0.0108. The number of carbonyl (C=O) groups excluding carboxylic acids is 1. The van der Waals surface area contributed by atoms with Gasteiger partial charge in [-0.2, -0.15) is 0 Å². The van der Waals surface area contributed by atoms with Crippen LogP contribution in [-0.4, -0.2) is 21.8 Å². The maximum absolute atomic E-state index is 12.0. The van der Waals surface area contributed by atoms with Crippen molar-refractivity contribution in [3.63, 3.8) is 0 Å². The van der Waals surface area contributed by atoms with Gasteiger partial charge in [-0.15, -0.1) is 0 Å². The first-order chi connectivity index (χ1) is 10.7. The van der Waals surface area contributed by atoms with Crippen LogP contribution < -0.4 is 5.32 Å². The molecule has 0 saturated carbocycles. The second-order valence-electron chi connectivity index (χ2n) is 4.97. The first-order valence-electron chi connectivity index (χ1n) is 7.17. The number of halogens is 1. The lowest BCUT2D eigenvalue weighted by molar-refractivity contribution is -0.120. The third-order valence-corrected chi connectivity index (χ3v) is 3.70. The molecule has 0 aliphatic rings. The molecule has 2 aromatic heterocycles. The molecular weight excluding hydrogens is 298 g/mol. The average molecular weight is 314 g/mol. The molecule has 0 unspecified atom stereocenters. The molecule has 1 amide bonds. The van der Waals surface area contributed by atoms with Crippen LogP contribution >= 0.6 is 11.6 Å². The molecule has 1 N–H and O–H groups in total. The predicted molar refractivity (Wildman–Crippen MR) is 88.0 cm³/mol. The fourth-order valence-electron chi connectivity index (χ4n) is 2.47. The lowest BCUT2D eigenvalue weighted by atomic mass is 10.1. The highest BCUT2D eigenvalue weighted by Crippen LogP contribution is 2.26. The molecule has 0 spiro atoms. The van der Waals surface area contributed by atoms with Crippen molar-refractivity contribution in [2.24, 2.45) is 0 Å². The highest BCUT2D eigenvalue weighted by atomic mass is 35.5. The van der Waals surface area contributed by atoms with Gasteiger partial charge >= 0.3 is 0 Å². The number of pyridine rings is 1. The second kappa shape index (κ2) is 6.20. The van der Waals surface area contributed by atoms with Crippen molar-refractivity contribution in [1.29, 1.82) is 0 Å². The zero-order valence-electron chi connectivity index (χ0n) is 12.2. The molecule has 1 aromatic carbocycles. The quantitative estimate of drug-likeness (QED) is 0.803. The monoisotopic (exact) mass is 313 g/mol. The number of rotatable bonds is 4. The molecule has 0 atom stereocenters. The Morgan fingerprint density at radius 2 is 2.00 bits per heavy atom. The van der Waals surface area contributed by atoms with Gasteiger partial charge in [0.1, 0.15) is 5.65 Å². The fraction of sp³-hybridized carbons (Fsp3) is 0.176. The Morgan fingerprint density at radius 3 is 2.73 bits per heavy atom. The van der Waals surface area contributed by atoms with E-state index in [4.69, 9.17) is 11.6 Å². The summed E-state index contributed by atoms with van der Waals surface area (Å²) in [6.45, 7) is 2.53. The Labute approximate surface area is 133 Å². The molecule has 0 bridgehead atoms.